The van der Waals surface area contributed by atoms with E-state index in [4.69, 9.17) is 19.6 Å². The van der Waals surface area contributed by atoms with Crippen LogP contribution in [0.4, 0.5) is 0 Å². The molecule has 8 heteroatoms. The zero-order valence-electron chi connectivity index (χ0n) is 15.5. The summed E-state index contributed by atoms with van der Waals surface area (Å²) in [6, 6.07) is 9.18. The van der Waals surface area contributed by atoms with Crippen molar-refractivity contribution < 1.29 is 18.7 Å². The Balaban J connectivity index is 1.68. The minimum Gasteiger partial charge on any atom is -0.486 e. The summed E-state index contributed by atoms with van der Waals surface area (Å²) >= 11 is 0. The van der Waals surface area contributed by atoms with Crippen molar-refractivity contribution >= 4 is 11.9 Å². The number of guanidine groups is 1. The number of furan rings is 1. The zero-order chi connectivity index (χ0) is 19.2. The van der Waals surface area contributed by atoms with E-state index in [-0.39, 0.29) is 5.76 Å². The molecule has 144 valence electrons. The second-order valence-corrected chi connectivity index (χ2v) is 6.13. The van der Waals surface area contributed by atoms with Crippen molar-refractivity contribution in [2.75, 3.05) is 26.8 Å². The molecule has 0 bridgehead atoms. The molecule has 1 aliphatic heterocycles. The minimum atomic E-state index is -0.590. The summed E-state index contributed by atoms with van der Waals surface area (Å²) < 4.78 is 16.6. The fraction of sp³-hybridized carbons (Fsp3) is 0.368. The summed E-state index contributed by atoms with van der Waals surface area (Å²) in [5.41, 5.74) is 6.29. The zero-order valence-corrected chi connectivity index (χ0v) is 15.5. The van der Waals surface area contributed by atoms with E-state index in [2.05, 4.69) is 10.3 Å². The molecule has 0 atom stereocenters. The second-order valence-electron chi connectivity index (χ2n) is 6.13. The lowest BCUT2D eigenvalue weighted by atomic mass is 10.2. The number of nitrogens with zero attached hydrogens (tertiary/aromatic N) is 2. The fourth-order valence-electron chi connectivity index (χ4n) is 2.75. The predicted octanol–water partition coefficient (Wildman–Crippen LogP) is 1.75. The smallest absolute Gasteiger partial charge is 0.284 e. The van der Waals surface area contributed by atoms with Crippen molar-refractivity contribution in [1.82, 2.24) is 10.2 Å². The first-order valence-electron chi connectivity index (χ1n) is 8.83. The van der Waals surface area contributed by atoms with Gasteiger partial charge < -0.3 is 29.8 Å². The fourth-order valence-corrected chi connectivity index (χ4v) is 2.75. The largest absolute Gasteiger partial charge is 0.486 e. The molecule has 0 saturated carbocycles. The van der Waals surface area contributed by atoms with E-state index in [1.165, 1.54) is 0 Å². The summed E-state index contributed by atoms with van der Waals surface area (Å²) in [5.74, 6) is 2.39. The molecule has 8 nitrogen and oxygen atoms in total. The van der Waals surface area contributed by atoms with Crippen molar-refractivity contribution in [3.8, 4) is 11.5 Å². The van der Waals surface area contributed by atoms with Crippen LogP contribution in [0.3, 0.4) is 0 Å². The number of hydrogen-bond donors (Lipinski definition) is 2. The van der Waals surface area contributed by atoms with Gasteiger partial charge in [0.1, 0.15) is 25.5 Å². The Hall–Kier alpha value is -3.16. The molecule has 0 saturated heterocycles. The van der Waals surface area contributed by atoms with Gasteiger partial charge in [-0.2, -0.15) is 0 Å². The molecule has 0 aliphatic carbocycles. The third kappa shape index (κ3) is 4.72. The van der Waals surface area contributed by atoms with E-state index in [0.29, 0.717) is 32.1 Å². The number of carbonyl (C=O) groups excluding carboxylic acids is 1. The van der Waals surface area contributed by atoms with Crippen molar-refractivity contribution in [1.29, 1.82) is 0 Å². The number of primary amides is 1. The van der Waals surface area contributed by atoms with E-state index < -0.39 is 5.91 Å². The Morgan fingerprint density at radius 2 is 2.00 bits per heavy atom. The Morgan fingerprint density at radius 1 is 1.22 bits per heavy atom. The molecule has 1 aromatic heterocycles. The van der Waals surface area contributed by atoms with Gasteiger partial charge in [0, 0.05) is 20.1 Å². The Morgan fingerprint density at radius 3 is 2.70 bits per heavy atom. The van der Waals surface area contributed by atoms with Gasteiger partial charge in [0.25, 0.3) is 5.91 Å². The van der Waals surface area contributed by atoms with Gasteiger partial charge in [-0.05, 0) is 36.8 Å². The average Bonchev–Trinajstić information content (AvgIpc) is 3.14. The Bertz CT molecular complexity index is 831. The van der Waals surface area contributed by atoms with Gasteiger partial charge in [0.05, 0.1) is 0 Å². The van der Waals surface area contributed by atoms with Gasteiger partial charge in [-0.3, -0.25) is 4.79 Å². The van der Waals surface area contributed by atoms with E-state index >= 15 is 0 Å². The highest BCUT2D eigenvalue weighted by Gasteiger charge is 2.14. The van der Waals surface area contributed by atoms with E-state index in [0.717, 1.165) is 29.6 Å². The molecule has 0 fully saturated rings. The molecule has 2 heterocycles. The van der Waals surface area contributed by atoms with E-state index in [9.17, 15) is 4.79 Å². The van der Waals surface area contributed by atoms with Gasteiger partial charge in [-0.1, -0.05) is 6.07 Å². The first kappa shape index (κ1) is 18.6. The topological polar surface area (TPSA) is 102 Å². The number of rotatable bonds is 6. The molecule has 1 aliphatic rings. The first-order chi connectivity index (χ1) is 13.1. The van der Waals surface area contributed by atoms with Crippen LogP contribution in [-0.2, 0) is 13.1 Å². The standard InChI is InChI=1S/C19H24N4O4/c1-3-21-19(22-11-14-5-7-16(27-14)18(20)24)23(2)12-13-4-6-15-17(10-13)26-9-8-25-15/h4-7,10H,3,8-9,11-12H2,1-2H3,(H2,20,24)(H,21,22). The molecule has 27 heavy (non-hydrogen) atoms. The van der Waals surface area contributed by atoms with Gasteiger partial charge in [-0.15, -0.1) is 0 Å². The number of ether oxygens (including phenoxy) is 2. The average molecular weight is 372 g/mol. The number of carbonyl (C=O) groups is 1. The molecule has 0 unspecified atom stereocenters. The summed E-state index contributed by atoms with van der Waals surface area (Å²) in [5, 5.41) is 3.25. The number of nitrogens with one attached hydrogen (secondary N) is 1. The molecule has 1 amide bonds. The van der Waals surface area contributed by atoms with Crippen molar-refractivity contribution in [2.24, 2.45) is 10.7 Å². The summed E-state index contributed by atoms with van der Waals surface area (Å²) in [6.45, 7) is 4.83. The quantitative estimate of drug-likeness (QED) is 0.592. The maximum absolute atomic E-state index is 11.1. The third-order valence-electron chi connectivity index (χ3n) is 4.01. The number of hydrogen-bond acceptors (Lipinski definition) is 5. The highest BCUT2D eigenvalue weighted by atomic mass is 16.6. The third-order valence-corrected chi connectivity index (χ3v) is 4.01. The van der Waals surface area contributed by atoms with Gasteiger partial charge in [0.15, 0.2) is 23.2 Å². The number of fused-ring (bicyclic) bond motifs is 1. The predicted molar refractivity (Wildman–Crippen MR) is 101 cm³/mol. The number of amides is 1. The second kappa shape index (κ2) is 8.48. The molecular formula is C19H24N4O4. The van der Waals surface area contributed by atoms with E-state index in [1.54, 1.807) is 12.1 Å². The Labute approximate surface area is 157 Å². The molecule has 0 spiro atoms. The van der Waals surface area contributed by atoms with Crippen LogP contribution in [0.1, 0.15) is 28.8 Å². The first-order valence-corrected chi connectivity index (χ1v) is 8.83. The lowest BCUT2D eigenvalue weighted by molar-refractivity contribution is 0.0972. The van der Waals surface area contributed by atoms with Gasteiger partial charge in [0.2, 0.25) is 0 Å². The molecule has 2 aromatic rings. The maximum Gasteiger partial charge on any atom is 0.284 e. The van der Waals surface area contributed by atoms with Crippen LogP contribution >= 0.6 is 0 Å². The van der Waals surface area contributed by atoms with E-state index in [1.807, 2.05) is 37.1 Å². The van der Waals surface area contributed by atoms with Crippen LogP contribution in [0.2, 0.25) is 0 Å². The van der Waals surface area contributed by atoms with Crippen LogP contribution in [0, 0.1) is 0 Å². The van der Waals surface area contributed by atoms with Gasteiger partial charge >= 0.3 is 0 Å². The minimum absolute atomic E-state index is 0.134. The van der Waals surface area contributed by atoms with Gasteiger partial charge in [-0.25, -0.2) is 4.99 Å². The normalized spacial score (nSPS) is 13.3. The lowest BCUT2D eigenvalue weighted by Crippen LogP contribution is -2.38. The summed E-state index contributed by atoms with van der Waals surface area (Å²) in [4.78, 5) is 17.7. The van der Waals surface area contributed by atoms with Crippen LogP contribution in [-0.4, -0.2) is 43.6 Å². The van der Waals surface area contributed by atoms with Crippen LogP contribution in [0.5, 0.6) is 11.5 Å². The molecule has 3 rings (SSSR count). The van der Waals surface area contributed by atoms with Crippen LogP contribution < -0.4 is 20.5 Å². The van der Waals surface area contributed by atoms with Crippen molar-refractivity contribution in [2.45, 2.75) is 20.0 Å². The SMILES string of the molecule is CCNC(=NCc1ccc(C(N)=O)o1)N(C)Cc1ccc2c(c1)OCCO2. The number of benzene rings is 1. The lowest BCUT2D eigenvalue weighted by Gasteiger charge is -2.23. The molecule has 3 N–H and O–H groups in total. The number of aliphatic imine (C=N–C) groups is 1. The monoisotopic (exact) mass is 372 g/mol. The van der Waals surface area contributed by atoms with Crippen molar-refractivity contribution in [3.05, 3.63) is 47.4 Å². The van der Waals surface area contributed by atoms with Crippen LogP contribution in [0.15, 0.2) is 39.7 Å². The maximum atomic E-state index is 11.1. The Kier molecular flexibility index (Phi) is 5.85. The van der Waals surface area contributed by atoms with Crippen molar-refractivity contribution in [3.63, 3.8) is 0 Å². The molecule has 0 radical (unpaired) electrons. The molecular weight excluding hydrogens is 348 g/mol. The summed E-state index contributed by atoms with van der Waals surface area (Å²) in [6.07, 6.45) is 0. The highest BCUT2D eigenvalue weighted by Crippen LogP contribution is 2.31. The highest BCUT2D eigenvalue weighted by molar-refractivity contribution is 5.89. The number of nitrogens with two attached hydrogens (primary N) is 1. The van der Waals surface area contributed by atoms with Crippen LogP contribution in [0.25, 0.3) is 0 Å². The molecule has 1 aromatic carbocycles. The summed E-state index contributed by atoms with van der Waals surface area (Å²) in [7, 11) is 1.95.